The Labute approximate surface area is 205 Å². The van der Waals surface area contributed by atoms with Gasteiger partial charge in [-0.25, -0.2) is 4.98 Å². The third-order valence-electron chi connectivity index (χ3n) is 6.42. The molecule has 1 unspecified atom stereocenters. The smallest absolute Gasteiger partial charge is 0.295 e. The van der Waals surface area contributed by atoms with Gasteiger partial charge in [0.15, 0.2) is 5.76 Å². The highest BCUT2D eigenvalue weighted by atomic mass is 79.9. The number of likely N-dealkylation sites (tertiary alicyclic amines) is 1. The van der Waals surface area contributed by atoms with E-state index in [0.717, 1.165) is 23.1 Å². The lowest BCUT2D eigenvalue weighted by atomic mass is 9.96. The summed E-state index contributed by atoms with van der Waals surface area (Å²) in [6.07, 6.45) is 1.79. The second-order valence-electron chi connectivity index (χ2n) is 8.47. The number of halogens is 1. The Morgan fingerprint density at radius 1 is 1.12 bits per heavy atom. The van der Waals surface area contributed by atoms with Crippen LogP contribution in [0.1, 0.15) is 23.0 Å². The van der Waals surface area contributed by atoms with Crippen LogP contribution in [0.25, 0.3) is 11.4 Å². The maximum Gasteiger partial charge on any atom is 0.295 e. The average Bonchev–Trinajstić information content (AvgIpc) is 3.31. The Balaban J connectivity index is 1.60. The van der Waals surface area contributed by atoms with E-state index in [-0.39, 0.29) is 11.3 Å². The lowest BCUT2D eigenvalue weighted by molar-refractivity contribution is -0.140. The topological polar surface area (TPSA) is 87.4 Å². The summed E-state index contributed by atoms with van der Waals surface area (Å²) in [5, 5.41) is 11.5. The number of hydrogen-bond donors (Lipinski definition) is 1. The molecular weight excluding hydrogens is 500 g/mol. The summed E-state index contributed by atoms with van der Waals surface area (Å²) in [4.78, 5) is 34.8. The summed E-state index contributed by atoms with van der Waals surface area (Å²) >= 11 is 3.45. The number of nitrogens with zero attached hydrogens (tertiary/aromatic N) is 4. The van der Waals surface area contributed by atoms with Crippen molar-refractivity contribution in [1.29, 1.82) is 0 Å². The fourth-order valence-corrected chi connectivity index (χ4v) is 4.97. The van der Waals surface area contributed by atoms with Gasteiger partial charge < -0.3 is 14.7 Å². The number of ketones is 1. The number of hydrogen-bond acceptors (Lipinski definition) is 6. The lowest BCUT2D eigenvalue weighted by Gasteiger charge is -2.31. The number of Topliss-reactive ketones (excluding diaryl/α,β-unsaturated/α-hetero) is 1. The molecule has 0 aliphatic carbocycles. The molecule has 9 heteroatoms. The van der Waals surface area contributed by atoms with E-state index < -0.39 is 17.7 Å². The summed E-state index contributed by atoms with van der Waals surface area (Å²) in [6.45, 7) is 5.66. The molecule has 2 saturated heterocycles. The van der Waals surface area contributed by atoms with Crippen LogP contribution in [0.3, 0.4) is 0 Å². The molecule has 2 aliphatic heterocycles. The molecule has 34 heavy (non-hydrogen) atoms. The summed E-state index contributed by atoms with van der Waals surface area (Å²) < 4.78 is 8.05. The van der Waals surface area contributed by atoms with Gasteiger partial charge in [-0.2, -0.15) is 0 Å². The molecule has 176 valence electrons. The minimum absolute atomic E-state index is 0.0862. The maximum atomic E-state index is 13.3. The van der Waals surface area contributed by atoms with E-state index in [0.29, 0.717) is 43.3 Å². The van der Waals surface area contributed by atoms with Gasteiger partial charge in [-0.1, -0.05) is 34.1 Å². The van der Waals surface area contributed by atoms with Gasteiger partial charge in [-0.15, -0.1) is 0 Å². The number of aryl methyl sites for hydroxylation is 1. The number of imidazole rings is 1. The third-order valence-corrected chi connectivity index (χ3v) is 6.94. The van der Waals surface area contributed by atoms with Crippen molar-refractivity contribution < 1.29 is 19.4 Å². The van der Waals surface area contributed by atoms with Gasteiger partial charge in [0, 0.05) is 36.8 Å². The third kappa shape index (κ3) is 4.04. The van der Waals surface area contributed by atoms with Gasteiger partial charge in [0.25, 0.3) is 11.7 Å². The molecule has 4 heterocycles. The first kappa shape index (κ1) is 22.8. The largest absolute Gasteiger partial charge is 0.505 e. The van der Waals surface area contributed by atoms with Gasteiger partial charge in [-0.05, 0) is 36.8 Å². The molecular formula is C25H25BrN4O4. The quantitative estimate of drug-likeness (QED) is 0.313. The van der Waals surface area contributed by atoms with Crippen LogP contribution in [0.15, 0.2) is 58.7 Å². The van der Waals surface area contributed by atoms with Crippen molar-refractivity contribution in [2.75, 3.05) is 39.4 Å². The van der Waals surface area contributed by atoms with Crippen molar-refractivity contribution >= 4 is 39.0 Å². The summed E-state index contributed by atoms with van der Waals surface area (Å²) in [5.41, 5.74) is 2.51. The molecule has 2 fully saturated rings. The molecule has 1 amide bonds. The summed E-state index contributed by atoms with van der Waals surface area (Å²) in [5.74, 6) is -1.50. The first-order valence-corrected chi connectivity index (χ1v) is 12.0. The highest BCUT2D eigenvalue weighted by molar-refractivity contribution is 9.10. The number of fused-ring (bicyclic) bond motifs is 1. The highest BCUT2D eigenvalue weighted by Crippen LogP contribution is 2.40. The predicted molar refractivity (Wildman–Crippen MR) is 130 cm³/mol. The van der Waals surface area contributed by atoms with Crippen LogP contribution >= 0.6 is 15.9 Å². The molecule has 0 radical (unpaired) electrons. The lowest BCUT2D eigenvalue weighted by Crippen LogP contribution is -2.42. The van der Waals surface area contributed by atoms with Gasteiger partial charge >= 0.3 is 0 Å². The molecule has 1 aromatic carbocycles. The molecule has 0 bridgehead atoms. The highest BCUT2D eigenvalue weighted by Gasteiger charge is 2.46. The predicted octanol–water partition coefficient (Wildman–Crippen LogP) is 3.16. The minimum Gasteiger partial charge on any atom is -0.505 e. The minimum atomic E-state index is -0.692. The number of aromatic nitrogens is 2. The molecule has 1 atom stereocenters. The van der Waals surface area contributed by atoms with E-state index >= 15 is 0 Å². The maximum absolute atomic E-state index is 13.3. The van der Waals surface area contributed by atoms with Crippen LogP contribution in [0.5, 0.6) is 0 Å². The Kier molecular flexibility index (Phi) is 6.24. The molecule has 3 aromatic rings. The van der Waals surface area contributed by atoms with Crippen molar-refractivity contribution in [3.63, 3.8) is 0 Å². The number of carbonyl (C=O) groups is 2. The van der Waals surface area contributed by atoms with Crippen LogP contribution in [-0.2, 0) is 14.3 Å². The van der Waals surface area contributed by atoms with Crippen molar-refractivity contribution in [3.05, 3.63) is 75.7 Å². The monoisotopic (exact) mass is 524 g/mol. The molecule has 1 N–H and O–H groups in total. The zero-order valence-electron chi connectivity index (χ0n) is 18.8. The van der Waals surface area contributed by atoms with E-state index in [2.05, 4.69) is 25.8 Å². The Hall–Kier alpha value is -3.01. The average molecular weight is 525 g/mol. The van der Waals surface area contributed by atoms with Crippen molar-refractivity contribution in [1.82, 2.24) is 19.2 Å². The first-order chi connectivity index (χ1) is 16.5. The van der Waals surface area contributed by atoms with Gasteiger partial charge in [-0.3, -0.25) is 18.9 Å². The summed E-state index contributed by atoms with van der Waals surface area (Å²) in [7, 11) is 0. The van der Waals surface area contributed by atoms with Crippen LogP contribution < -0.4 is 0 Å². The number of rotatable bonds is 5. The molecule has 5 rings (SSSR count). The van der Waals surface area contributed by atoms with E-state index in [9.17, 15) is 14.7 Å². The van der Waals surface area contributed by atoms with Crippen LogP contribution in [0.2, 0.25) is 0 Å². The Morgan fingerprint density at radius 2 is 1.85 bits per heavy atom. The van der Waals surface area contributed by atoms with Crippen molar-refractivity contribution in [2.24, 2.45) is 0 Å². The van der Waals surface area contributed by atoms with Crippen LogP contribution in [-0.4, -0.2) is 75.4 Å². The second kappa shape index (κ2) is 9.32. The zero-order valence-corrected chi connectivity index (χ0v) is 20.4. The first-order valence-electron chi connectivity index (χ1n) is 11.2. The number of morpholine rings is 1. The van der Waals surface area contributed by atoms with Gasteiger partial charge in [0.1, 0.15) is 11.3 Å². The normalized spacial score (nSPS) is 21.0. The van der Waals surface area contributed by atoms with Crippen LogP contribution in [0.4, 0.5) is 0 Å². The van der Waals surface area contributed by atoms with Crippen LogP contribution in [0, 0.1) is 6.92 Å². The zero-order chi connectivity index (χ0) is 23.8. The van der Waals surface area contributed by atoms with Gasteiger partial charge in [0.05, 0.1) is 30.5 Å². The molecule has 2 aliphatic rings. The molecule has 0 saturated carbocycles. The fraction of sp³-hybridized carbons (Fsp3) is 0.320. The second-order valence-corrected chi connectivity index (χ2v) is 9.39. The van der Waals surface area contributed by atoms with E-state index in [1.54, 1.807) is 22.4 Å². The number of ether oxygens (including phenoxy) is 1. The van der Waals surface area contributed by atoms with E-state index in [1.165, 1.54) is 0 Å². The van der Waals surface area contributed by atoms with E-state index in [1.807, 2.05) is 42.5 Å². The SMILES string of the molecule is Cc1nc2ccccn2c1/C(O)=C1\C(=O)C(=O)N(CCN2CCOCC2)C1c1ccc(Br)cc1. The molecule has 2 aromatic heterocycles. The summed E-state index contributed by atoms with van der Waals surface area (Å²) in [6, 6.07) is 12.3. The Bertz CT molecular complexity index is 1280. The molecule has 0 spiro atoms. The van der Waals surface area contributed by atoms with Crippen molar-refractivity contribution in [3.8, 4) is 0 Å². The fourth-order valence-electron chi connectivity index (χ4n) is 4.70. The number of aliphatic hydroxyl groups is 1. The number of carbonyl (C=O) groups excluding carboxylic acids is 2. The Morgan fingerprint density at radius 3 is 2.59 bits per heavy atom. The number of benzene rings is 1. The molecule has 8 nitrogen and oxygen atoms in total. The van der Waals surface area contributed by atoms with Gasteiger partial charge in [0.2, 0.25) is 0 Å². The van der Waals surface area contributed by atoms with E-state index in [4.69, 9.17) is 4.74 Å². The number of aliphatic hydroxyl groups excluding tert-OH is 1. The number of amides is 1. The van der Waals surface area contributed by atoms with Crippen molar-refractivity contribution in [2.45, 2.75) is 13.0 Å². The number of pyridine rings is 1. The standard InChI is InChI=1S/C25H25BrN4O4/c1-16-21(29-9-3-2-4-19(29)27-16)23(31)20-22(17-5-7-18(26)8-6-17)30(25(33)24(20)32)11-10-28-12-14-34-15-13-28/h2-9,22,31H,10-15H2,1H3/b23-20+.